The molecule has 0 bridgehead atoms. The van der Waals surface area contributed by atoms with Crippen LogP contribution in [-0.4, -0.2) is 121 Å². The van der Waals surface area contributed by atoms with Gasteiger partial charge in [-0.3, -0.25) is 43.8 Å². The highest BCUT2D eigenvalue weighted by Crippen LogP contribution is 2.08. The molecule has 20 nitrogen and oxygen atoms in total. The van der Waals surface area contributed by atoms with Crippen LogP contribution >= 0.6 is 12.6 Å². The Morgan fingerprint density at radius 3 is 2.15 bits per heavy atom. The molecule has 1 aliphatic heterocycles. The normalized spacial score (nSPS) is 20.4. The Hall–Kier alpha value is -5.70. The first-order valence-electron chi connectivity index (χ1n) is 17.1. The molecule has 296 valence electrons. The van der Waals surface area contributed by atoms with Gasteiger partial charge >= 0.3 is 5.97 Å². The number of carbonyl (C=O) groups excluding carboxylic acids is 7. The van der Waals surface area contributed by atoms with Crippen molar-refractivity contribution in [2.45, 2.75) is 68.7 Å². The molecule has 0 radical (unpaired) electrons. The summed E-state index contributed by atoms with van der Waals surface area (Å²) in [5.74, 6) is -6.99. The zero-order valence-electron chi connectivity index (χ0n) is 29.5. The third-order valence-electron chi connectivity index (χ3n) is 7.76. The number of nitrogens with one attached hydrogen (secondary N) is 9. The minimum Gasteiger partial charge on any atom is -0.481 e. The maximum atomic E-state index is 13.8. The van der Waals surface area contributed by atoms with E-state index in [1.807, 2.05) is 0 Å². The second-order valence-electron chi connectivity index (χ2n) is 12.1. The van der Waals surface area contributed by atoms with Gasteiger partial charge in [-0.05, 0) is 37.7 Å². The van der Waals surface area contributed by atoms with E-state index < -0.39 is 90.5 Å². The minimum absolute atomic E-state index is 0.00591. The highest BCUT2D eigenvalue weighted by Gasteiger charge is 2.32. The number of thiol groups is 1. The maximum absolute atomic E-state index is 13.8. The van der Waals surface area contributed by atoms with Crippen molar-refractivity contribution in [3.63, 3.8) is 0 Å². The van der Waals surface area contributed by atoms with Crippen LogP contribution < -0.4 is 54.0 Å². The molecule has 2 rings (SSSR count). The quantitative estimate of drug-likeness (QED) is 0.0313. The molecule has 7 amide bonds. The van der Waals surface area contributed by atoms with Gasteiger partial charge in [-0.25, -0.2) is 0 Å². The Balaban J connectivity index is 2.35. The molecule has 54 heavy (non-hydrogen) atoms. The molecule has 1 aromatic carbocycles. The van der Waals surface area contributed by atoms with E-state index in [-0.39, 0.29) is 57.0 Å². The van der Waals surface area contributed by atoms with E-state index in [2.05, 4.69) is 55.2 Å². The van der Waals surface area contributed by atoms with Gasteiger partial charge in [-0.1, -0.05) is 42.5 Å². The van der Waals surface area contributed by atoms with Crippen molar-refractivity contribution in [2.75, 3.05) is 31.9 Å². The van der Waals surface area contributed by atoms with E-state index in [9.17, 15) is 43.5 Å². The van der Waals surface area contributed by atoms with E-state index in [1.165, 1.54) is 12.2 Å². The zero-order valence-corrected chi connectivity index (χ0v) is 30.4. The molecule has 0 spiro atoms. The number of amides is 7. The summed E-state index contributed by atoms with van der Waals surface area (Å²) in [4.78, 5) is 102. The first kappa shape index (κ1) is 44.5. The molecule has 1 saturated heterocycles. The van der Waals surface area contributed by atoms with Gasteiger partial charge in [-0.2, -0.15) is 12.6 Å². The van der Waals surface area contributed by atoms with Gasteiger partial charge in [0, 0.05) is 18.8 Å². The summed E-state index contributed by atoms with van der Waals surface area (Å²) in [6, 6.07) is 2.26. The average molecular weight is 776 g/mol. The van der Waals surface area contributed by atoms with Gasteiger partial charge < -0.3 is 59.1 Å². The number of aliphatic carboxylic acids is 1. The topological polar surface area (TPSA) is 329 Å². The maximum Gasteiger partial charge on any atom is 0.305 e. The Morgan fingerprint density at radius 2 is 1.48 bits per heavy atom. The molecular formula is C33H49N11O9S. The summed E-state index contributed by atoms with van der Waals surface area (Å²) >= 11 is 3.94. The molecule has 0 aliphatic carbocycles. The third-order valence-corrected chi connectivity index (χ3v) is 8.16. The van der Waals surface area contributed by atoms with Crippen LogP contribution in [-0.2, 0) is 38.4 Å². The van der Waals surface area contributed by atoms with Gasteiger partial charge in [0.1, 0.15) is 24.2 Å². The molecule has 5 atom stereocenters. The molecule has 0 saturated carbocycles. The summed E-state index contributed by atoms with van der Waals surface area (Å²) in [5, 5.41) is 36.7. The van der Waals surface area contributed by atoms with Crippen molar-refractivity contribution in [2.24, 2.45) is 11.5 Å². The minimum atomic E-state index is -1.63. The van der Waals surface area contributed by atoms with Crippen LogP contribution in [0.5, 0.6) is 0 Å². The van der Waals surface area contributed by atoms with Crippen molar-refractivity contribution >= 4 is 72.0 Å². The highest BCUT2D eigenvalue weighted by atomic mass is 32.1. The molecule has 1 unspecified atom stereocenters. The van der Waals surface area contributed by atoms with Crippen LogP contribution in [0.3, 0.4) is 0 Å². The molecule has 1 aromatic rings. The Bertz CT molecular complexity index is 1530. The fourth-order valence-electron chi connectivity index (χ4n) is 4.89. The van der Waals surface area contributed by atoms with Crippen LogP contribution in [0.2, 0.25) is 0 Å². The van der Waals surface area contributed by atoms with Crippen molar-refractivity contribution in [1.29, 1.82) is 5.41 Å². The highest BCUT2D eigenvalue weighted by molar-refractivity contribution is 7.80. The summed E-state index contributed by atoms with van der Waals surface area (Å²) < 4.78 is 0. The zero-order chi connectivity index (χ0) is 40.0. The van der Waals surface area contributed by atoms with Gasteiger partial charge in [0.15, 0.2) is 5.96 Å². The van der Waals surface area contributed by atoms with Crippen LogP contribution in [0, 0.1) is 5.41 Å². The lowest BCUT2D eigenvalue weighted by Gasteiger charge is -2.25. The fourth-order valence-corrected chi connectivity index (χ4v) is 5.06. The third kappa shape index (κ3) is 17.2. The van der Waals surface area contributed by atoms with E-state index >= 15 is 0 Å². The van der Waals surface area contributed by atoms with Crippen LogP contribution in [0.4, 0.5) is 0 Å². The number of carbonyl (C=O) groups is 8. The summed E-state index contributed by atoms with van der Waals surface area (Å²) in [5.41, 5.74) is 11.6. The largest absolute Gasteiger partial charge is 0.481 e. The number of hydrogen-bond donors (Lipinski definition) is 13. The van der Waals surface area contributed by atoms with Gasteiger partial charge in [-0.15, -0.1) is 0 Å². The first-order chi connectivity index (χ1) is 25.7. The first-order valence-corrected chi connectivity index (χ1v) is 17.7. The van der Waals surface area contributed by atoms with Gasteiger partial charge in [0.25, 0.3) is 0 Å². The Labute approximate surface area is 317 Å². The van der Waals surface area contributed by atoms with Gasteiger partial charge in [0.05, 0.1) is 25.6 Å². The molecule has 1 aliphatic rings. The van der Waals surface area contributed by atoms with Crippen molar-refractivity contribution in [3.8, 4) is 0 Å². The summed E-state index contributed by atoms with van der Waals surface area (Å²) in [6.07, 6.45) is 2.89. The lowest BCUT2D eigenvalue weighted by Crippen LogP contribution is -2.57. The Kier molecular flexibility index (Phi) is 19.6. The fraction of sp³-hybridized carbons (Fsp3) is 0.485. The lowest BCUT2D eigenvalue weighted by atomic mass is 10.0. The predicted molar refractivity (Wildman–Crippen MR) is 199 cm³/mol. The van der Waals surface area contributed by atoms with Gasteiger partial charge in [0.2, 0.25) is 41.4 Å². The van der Waals surface area contributed by atoms with Crippen LogP contribution in [0.1, 0.15) is 44.1 Å². The molecular weight excluding hydrogens is 726 g/mol. The second-order valence-corrected chi connectivity index (χ2v) is 12.5. The van der Waals surface area contributed by atoms with E-state index in [1.54, 1.807) is 30.3 Å². The number of rotatable bonds is 17. The van der Waals surface area contributed by atoms with E-state index in [4.69, 9.17) is 16.9 Å². The molecule has 1 fully saturated rings. The summed E-state index contributed by atoms with van der Waals surface area (Å²) in [7, 11) is 0. The smallest absolute Gasteiger partial charge is 0.305 e. The average Bonchev–Trinajstić information content (AvgIpc) is 3.13. The second kappa shape index (κ2) is 23.8. The number of hydrogen-bond acceptors (Lipinski definition) is 11. The number of benzene rings is 1. The molecule has 0 aromatic heterocycles. The Morgan fingerprint density at radius 1 is 0.852 bits per heavy atom. The standard InChI is InChI=1S/C33H49N11O9S/c34-20(18-54)28(49)39-16-25(45)37-13-5-4-9-22-30(51)42-21(10-6-14-38-33(35)36)29(50)40-17-26(46)41-24(15-27(47)48)32(53)44-23(31(52)43-22)12-11-19-7-2-1-3-8-19/h1-3,7-8,11-12,20-24,54H,4-6,9-10,13-18,34H2,(H,37,45)(H,39,49)(H,40,50)(H,41,46)(H,42,51)(H,43,52)(H,44,53)(H,47,48)(H4,35,36,38)/b12-11+/t20?,21-,22-,23+,24-/m0/s1. The molecule has 1 heterocycles. The number of guanidine groups is 1. The SMILES string of the molecule is N=C(N)NCCC[C@@H]1NC(=O)[C@H](CCCCNC(=O)CNC(=O)C(N)CS)NC(=O)[C@@H](/C=C/c2ccccc2)NC(=O)[C@H](CC(=O)O)NC(=O)CNC1=O. The molecule has 21 heteroatoms. The molecule has 14 N–H and O–H groups in total. The van der Waals surface area contributed by atoms with Crippen LogP contribution in [0.15, 0.2) is 36.4 Å². The van der Waals surface area contributed by atoms with Crippen molar-refractivity contribution in [1.82, 2.24) is 42.5 Å². The van der Waals surface area contributed by atoms with E-state index in [0.29, 0.717) is 12.0 Å². The number of carboxylic acids is 1. The van der Waals surface area contributed by atoms with Crippen molar-refractivity contribution < 1.29 is 43.5 Å². The monoisotopic (exact) mass is 775 g/mol. The van der Waals surface area contributed by atoms with Crippen molar-refractivity contribution in [3.05, 3.63) is 42.0 Å². The van der Waals surface area contributed by atoms with E-state index in [0.717, 1.165) is 0 Å². The predicted octanol–water partition coefficient (Wildman–Crippen LogP) is -3.83. The number of carboxylic acid groups (broad SMARTS) is 1. The lowest BCUT2D eigenvalue weighted by molar-refractivity contribution is -0.141. The number of nitrogens with two attached hydrogens (primary N) is 2. The number of unbranched alkanes of at least 4 members (excludes halogenated alkanes) is 1. The van der Waals surface area contributed by atoms with Crippen LogP contribution in [0.25, 0.3) is 6.08 Å². The summed E-state index contributed by atoms with van der Waals surface area (Å²) in [6.45, 7) is -0.665.